The summed E-state index contributed by atoms with van der Waals surface area (Å²) in [5.41, 5.74) is 0. The predicted octanol–water partition coefficient (Wildman–Crippen LogP) is 3.31. The molecule has 0 saturated heterocycles. The van der Waals surface area contributed by atoms with E-state index in [0.717, 1.165) is 38.0 Å². The zero-order valence-electron chi connectivity index (χ0n) is 14.3. The zero-order valence-corrected chi connectivity index (χ0v) is 14.3. The van der Waals surface area contributed by atoms with E-state index >= 15 is 0 Å². The second-order valence-electron chi connectivity index (χ2n) is 7.36. The first-order valence-corrected chi connectivity index (χ1v) is 9.06. The Labute approximate surface area is 131 Å². The van der Waals surface area contributed by atoms with Crippen molar-refractivity contribution in [2.45, 2.75) is 70.9 Å². The van der Waals surface area contributed by atoms with Crippen LogP contribution in [0.5, 0.6) is 0 Å². The van der Waals surface area contributed by atoms with Crippen LogP contribution in [0.3, 0.4) is 0 Å². The van der Waals surface area contributed by atoms with Crippen LogP contribution in [0.25, 0.3) is 0 Å². The number of rotatable bonds is 9. The molecule has 0 aromatic carbocycles. The number of ether oxygens (including phenoxy) is 1. The predicted molar refractivity (Wildman–Crippen MR) is 87.4 cm³/mol. The van der Waals surface area contributed by atoms with E-state index in [1.165, 1.54) is 38.5 Å². The average Bonchev–Trinajstić information content (AvgIpc) is 3.31. The summed E-state index contributed by atoms with van der Waals surface area (Å²) < 4.78 is 5.29. The Bertz CT molecular complexity index is 293. The Morgan fingerprint density at radius 2 is 2.00 bits per heavy atom. The van der Waals surface area contributed by atoms with Crippen LogP contribution < -0.4 is 0 Å². The van der Waals surface area contributed by atoms with Gasteiger partial charge in [-0.25, -0.2) is 0 Å². The van der Waals surface area contributed by atoms with Crippen LogP contribution in [0.1, 0.15) is 58.8 Å². The first kappa shape index (κ1) is 17.2. The number of hydrogen-bond acceptors (Lipinski definition) is 3. The van der Waals surface area contributed by atoms with E-state index in [4.69, 9.17) is 4.74 Å². The van der Waals surface area contributed by atoms with Crippen molar-refractivity contribution < 1.29 is 9.84 Å². The van der Waals surface area contributed by atoms with Crippen molar-refractivity contribution in [3.63, 3.8) is 0 Å². The summed E-state index contributed by atoms with van der Waals surface area (Å²) in [6, 6.07) is 0.652. The van der Waals surface area contributed by atoms with Crippen LogP contribution >= 0.6 is 0 Å². The molecule has 0 spiro atoms. The van der Waals surface area contributed by atoms with Crippen molar-refractivity contribution in [3.05, 3.63) is 0 Å². The minimum atomic E-state index is -0.0884. The van der Waals surface area contributed by atoms with Gasteiger partial charge in [0.1, 0.15) is 0 Å². The van der Waals surface area contributed by atoms with E-state index in [2.05, 4.69) is 18.7 Å². The second-order valence-corrected chi connectivity index (χ2v) is 7.36. The van der Waals surface area contributed by atoms with Crippen LogP contribution in [-0.2, 0) is 4.74 Å². The maximum atomic E-state index is 10.4. The molecular weight excluding hydrogens is 262 g/mol. The van der Waals surface area contributed by atoms with Crippen molar-refractivity contribution in [3.8, 4) is 0 Å². The Balaban J connectivity index is 1.89. The fourth-order valence-electron chi connectivity index (χ4n) is 4.06. The lowest BCUT2D eigenvalue weighted by Gasteiger charge is -2.39. The molecule has 0 heterocycles. The molecule has 4 atom stereocenters. The molecule has 0 bridgehead atoms. The van der Waals surface area contributed by atoms with Crippen molar-refractivity contribution >= 4 is 0 Å². The fourth-order valence-corrected chi connectivity index (χ4v) is 4.06. The molecule has 21 heavy (non-hydrogen) atoms. The number of aliphatic hydroxyl groups is 1. The molecule has 124 valence electrons. The number of methoxy groups -OCH3 is 1. The highest BCUT2D eigenvalue weighted by molar-refractivity contribution is 4.88. The molecule has 0 aromatic rings. The molecule has 2 saturated carbocycles. The van der Waals surface area contributed by atoms with Crippen LogP contribution in [-0.4, -0.2) is 49.0 Å². The van der Waals surface area contributed by atoms with Crippen LogP contribution in [0.2, 0.25) is 0 Å². The molecule has 0 aromatic heterocycles. The number of aliphatic hydroxyl groups excluding tert-OH is 1. The molecule has 3 nitrogen and oxygen atoms in total. The zero-order chi connectivity index (χ0) is 15.2. The Hall–Kier alpha value is -0.120. The molecule has 3 heteroatoms. The van der Waals surface area contributed by atoms with Gasteiger partial charge in [-0.05, 0) is 56.8 Å². The van der Waals surface area contributed by atoms with Gasteiger partial charge < -0.3 is 9.84 Å². The molecule has 4 unspecified atom stereocenters. The molecule has 2 rings (SSSR count). The summed E-state index contributed by atoms with van der Waals surface area (Å²) in [6.07, 6.45) is 8.74. The van der Waals surface area contributed by atoms with E-state index in [0.29, 0.717) is 12.0 Å². The van der Waals surface area contributed by atoms with Gasteiger partial charge in [-0.15, -0.1) is 0 Å². The summed E-state index contributed by atoms with van der Waals surface area (Å²) >= 11 is 0. The standard InChI is InChI=1S/C18H35NO2/c1-4-5-15-6-9-18(20)17(12-15)13-19(10-11-21-3)14(2)16-7-8-16/h14-18,20H,4-13H2,1-3H3. The Morgan fingerprint density at radius 1 is 1.24 bits per heavy atom. The van der Waals surface area contributed by atoms with Gasteiger partial charge in [0.05, 0.1) is 12.7 Å². The van der Waals surface area contributed by atoms with Gasteiger partial charge in [0.15, 0.2) is 0 Å². The van der Waals surface area contributed by atoms with Crippen molar-refractivity contribution in [2.24, 2.45) is 17.8 Å². The van der Waals surface area contributed by atoms with E-state index < -0.39 is 0 Å². The lowest BCUT2D eigenvalue weighted by atomic mass is 9.77. The quantitative estimate of drug-likeness (QED) is 0.709. The average molecular weight is 297 g/mol. The third kappa shape index (κ3) is 5.22. The normalized spacial score (nSPS) is 31.6. The van der Waals surface area contributed by atoms with Gasteiger partial charge in [-0.3, -0.25) is 4.90 Å². The Kier molecular flexibility index (Phi) is 6.97. The first-order valence-electron chi connectivity index (χ1n) is 9.06. The molecule has 2 fully saturated rings. The summed E-state index contributed by atoms with van der Waals surface area (Å²) in [5.74, 6) is 2.19. The van der Waals surface area contributed by atoms with Gasteiger partial charge in [0.25, 0.3) is 0 Å². The van der Waals surface area contributed by atoms with E-state index in [1.54, 1.807) is 7.11 Å². The second kappa shape index (κ2) is 8.50. The highest BCUT2D eigenvalue weighted by Gasteiger charge is 2.35. The fraction of sp³-hybridized carbons (Fsp3) is 1.00. The molecule has 2 aliphatic carbocycles. The summed E-state index contributed by atoms with van der Waals surface area (Å²) in [6.45, 7) is 7.52. The third-order valence-electron chi connectivity index (χ3n) is 5.68. The van der Waals surface area contributed by atoms with Crippen LogP contribution in [0.4, 0.5) is 0 Å². The number of nitrogens with zero attached hydrogens (tertiary/aromatic N) is 1. The highest BCUT2D eigenvalue weighted by Crippen LogP contribution is 2.37. The summed E-state index contributed by atoms with van der Waals surface area (Å²) in [4.78, 5) is 2.59. The monoisotopic (exact) mass is 297 g/mol. The molecule has 0 aliphatic heterocycles. The maximum absolute atomic E-state index is 10.4. The van der Waals surface area contributed by atoms with Crippen molar-refractivity contribution in [2.75, 3.05) is 26.8 Å². The summed E-state index contributed by atoms with van der Waals surface area (Å²) in [5, 5.41) is 10.4. The lowest BCUT2D eigenvalue weighted by molar-refractivity contribution is 0.0105. The van der Waals surface area contributed by atoms with Crippen molar-refractivity contribution in [1.29, 1.82) is 0 Å². The van der Waals surface area contributed by atoms with Gasteiger partial charge >= 0.3 is 0 Å². The van der Waals surface area contributed by atoms with Gasteiger partial charge in [-0.1, -0.05) is 19.8 Å². The van der Waals surface area contributed by atoms with Crippen LogP contribution in [0, 0.1) is 17.8 Å². The van der Waals surface area contributed by atoms with Crippen LogP contribution in [0.15, 0.2) is 0 Å². The third-order valence-corrected chi connectivity index (χ3v) is 5.68. The topological polar surface area (TPSA) is 32.7 Å². The molecular formula is C18H35NO2. The molecule has 1 N–H and O–H groups in total. The highest BCUT2D eigenvalue weighted by atomic mass is 16.5. The lowest BCUT2D eigenvalue weighted by Crippen LogP contribution is -2.44. The molecule has 0 radical (unpaired) electrons. The van der Waals surface area contributed by atoms with Gasteiger partial charge in [-0.2, -0.15) is 0 Å². The Morgan fingerprint density at radius 3 is 2.62 bits per heavy atom. The number of hydrogen-bond donors (Lipinski definition) is 1. The minimum Gasteiger partial charge on any atom is -0.393 e. The minimum absolute atomic E-state index is 0.0884. The van der Waals surface area contributed by atoms with Crippen molar-refractivity contribution in [1.82, 2.24) is 4.90 Å². The molecule has 2 aliphatic rings. The van der Waals surface area contributed by atoms with Gasteiger partial charge in [0, 0.05) is 26.2 Å². The first-order chi connectivity index (χ1) is 10.2. The van der Waals surface area contributed by atoms with Gasteiger partial charge in [0.2, 0.25) is 0 Å². The van der Waals surface area contributed by atoms with E-state index in [9.17, 15) is 5.11 Å². The maximum Gasteiger partial charge on any atom is 0.0589 e. The largest absolute Gasteiger partial charge is 0.393 e. The SMILES string of the molecule is CCCC1CCC(O)C(CN(CCOC)C(C)C2CC2)C1. The smallest absolute Gasteiger partial charge is 0.0589 e. The van der Waals surface area contributed by atoms with E-state index in [-0.39, 0.29) is 6.10 Å². The van der Waals surface area contributed by atoms with E-state index in [1.807, 2.05) is 0 Å². The summed E-state index contributed by atoms with van der Waals surface area (Å²) in [7, 11) is 1.78. The molecule has 0 amide bonds.